The number of rotatable bonds is 2. The number of aromatic nitrogens is 1. The quantitative estimate of drug-likeness (QED) is 0.757. The Hall–Kier alpha value is -1.09. The SMILES string of the molecule is CC1(C)CCCN1c1nc2ccccc2cc1CBr. The lowest BCUT2D eigenvalue weighted by Crippen LogP contribution is -2.39. The standard InChI is InChI=1S/C16H19BrN2/c1-16(2)8-5-9-19(16)15-13(11-17)10-12-6-3-4-7-14(12)18-15/h3-4,6-7,10H,5,8-9,11H2,1-2H3. The van der Waals surface area contributed by atoms with Crippen molar-refractivity contribution in [1.82, 2.24) is 4.98 Å². The minimum Gasteiger partial charge on any atom is -0.351 e. The average Bonchev–Trinajstić information content (AvgIpc) is 2.76. The minimum absolute atomic E-state index is 0.215. The van der Waals surface area contributed by atoms with Crippen LogP contribution in [0.25, 0.3) is 10.9 Å². The van der Waals surface area contributed by atoms with E-state index in [0.717, 1.165) is 23.2 Å². The predicted molar refractivity (Wildman–Crippen MR) is 85.0 cm³/mol. The zero-order valence-electron chi connectivity index (χ0n) is 11.5. The van der Waals surface area contributed by atoms with Crippen molar-refractivity contribution in [3.63, 3.8) is 0 Å². The average molecular weight is 319 g/mol. The summed E-state index contributed by atoms with van der Waals surface area (Å²) in [5.41, 5.74) is 2.59. The van der Waals surface area contributed by atoms with Gasteiger partial charge in [-0.2, -0.15) is 0 Å². The van der Waals surface area contributed by atoms with E-state index < -0.39 is 0 Å². The maximum Gasteiger partial charge on any atom is 0.133 e. The van der Waals surface area contributed by atoms with Crippen LogP contribution in [-0.2, 0) is 5.33 Å². The monoisotopic (exact) mass is 318 g/mol. The van der Waals surface area contributed by atoms with E-state index in [-0.39, 0.29) is 5.54 Å². The van der Waals surface area contributed by atoms with Gasteiger partial charge >= 0.3 is 0 Å². The first-order valence-electron chi connectivity index (χ1n) is 6.84. The van der Waals surface area contributed by atoms with Gasteiger partial charge in [-0.05, 0) is 38.8 Å². The van der Waals surface area contributed by atoms with Crippen molar-refractivity contribution in [3.05, 3.63) is 35.9 Å². The summed E-state index contributed by atoms with van der Waals surface area (Å²) in [7, 11) is 0. The molecular weight excluding hydrogens is 300 g/mol. The molecule has 0 saturated carbocycles. The second kappa shape index (κ2) is 4.78. The van der Waals surface area contributed by atoms with E-state index in [0.29, 0.717) is 0 Å². The first-order valence-corrected chi connectivity index (χ1v) is 7.96. The Balaban J connectivity index is 2.16. The summed E-state index contributed by atoms with van der Waals surface area (Å²) < 4.78 is 0. The Bertz CT molecular complexity index is 607. The van der Waals surface area contributed by atoms with E-state index in [1.165, 1.54) is 23.8 Å². The summed E-state index contributed by atoms with van der Waals surface area (Å²) in [5.74, 6) is 1.15. The van der Waals surface area contributed by atoms with Gasteiger partial charge in [0.1, 0.15) is 5.82 Å². The zero-order valence-corrected chi connectivity index (χ0v) is 13.1. The highest BCUT2D eigenvalue weighted by atomic mass is 79.9. The van der Waals surface area contributed by atoms with Crippen LogP contribution in [0.15, 0.2) is 30.3 Å². The van der Waals surface area contributed by atoms with Crippen molar-refractivity contribution in [1.29, 1.82) is 0 Å². The van der Waals surface area contributed by atoms with Crippen molar-refractivity contribution in [2.45, 2.75) is 37.6 Å². The third-order valence-corrected chi connectivity index (χ3v) is 4.68. The number of halogens is 1. The van der Waals surface area contributed by atoms with E-state index in [9.17, 15) is 0 Å². The van der Waals surface area contributed by atoms with Gasteiger partial charge in [0.2, 0.25) is 0 Å². The Morgan fingerprint density at radius 2 is 2.11 bits per heavy atom. The third-order valence-electron chi connectivity index (χ3n) is 4.08. The second-order valence-electron chi connectivity index (χ2n) is 5.87. The van der Waals surface area contributed by atoms with Crippen LogP contribution in [0.2, 0.25) is 0 Å². The van der Waals surface area contributed by atoms with Crippen molar-refractivity contribution in [2.75, 3.05) is 11.4 Å². The third kappa shape index (κ3) is 2.25. The van der Waals surface area contributed by atoms with Gasteiger partial charge in [-0.25, -0.2) is 4.98 Å². The molecule has 1 aromatic carbocycles. The number of hydrogen-bond donors (Lipinski definition) is 0. The van der Waals surface area contributed by atoms with Crippen LogP contribution >= 0.6 is 15.9 Å². The molecule has 1 aliphatic heterocycles. The Morgan fingerprint density at radius 1 is 1.32 bits per heavy atom. The first-order chi connectivity index (χ1) is 9.12. The van der Waals surface area contributed by atoms with Gasteiger partial charge in [0.25, 0.3) is 0 Å². The lowest BCUT2D eigenvalue weighted by molar-refractivity contribution is 0.514. The molecule has 2 heterocycles. The number of benzene rings is 1. The molecule has 0 amide bonds. The fourth-order valence-electron chi connectivity index (χ4n) is 2.98. The van der Waals surface area contributed by atoms with Crippen LogP contribution in [0.5, 0.6) is 0 Å². The van der Waals surface area contributed by atoms with Crippen LogP contribution < -0.4 is 4.90 Å². The fourth-order valence-corrected chi connectivity index (χ4v) is 3.39. The number of para-hydroxylation sites is 1. The molecule has 1 aromatic heterocycles. The summed E-state index contributed by atoms with van der Waals surface area (Å²) in [6.07, 6.45) is 2.49. The lowest BCUT2D eigenvalue weighted by Gasteiger charge is -2.34. The van der Waals surface area contributed by atoms with Gasteiger partial charge in [-0.15, -0.1) is 0 Å². The molecule has 0 aliphatic carbocycles. The molecule has 0 atom stereocenters. The van der Waals surface area contributed by atoms with Crippen molar-refractivity contribution in [3.8, 4) is 0 Å². The summed E-state index contributed by atoms with van der Waals surface area (Å²) in [6, 6.07) is 10.6. The van der Waals surface area contributed by atoms with Crippen LogP contribution in [0.3, 0.4) is 0 Å². The predicted octanol–water partition coefficient (Wildman–Crippen LogP) is 4.51. The van der Waals surface area contributed by atoms with Gasteiger partial charge < -0.3 is 4.90 Å². The molecule has 100 valence electrons. The number of hydrogen-bond acceptors (Lipinski definition) is 2. The van der Waals surface area contributed by atoms with Crippen molar-refractivity contribution >= 4 is 32.7 Å². The van der Waals surface area contributed by atoms with E-state index in [4.69, 9.17) is 4.98 Å². The highest BCUT2D eigenvalue weighted by molar-refractivity contribution is 9.08. The van der Waals surface area contributed by atoms with Crippen LogP contribution in [0, 0.1) is 0 Å². The molecule has 0 bridgehead atoms. The maximum atomic E-state index is 4.92. The summed E-state index contributed by atoms with van der Waals surface area (Å²) in [6.45, 7) is 5.74. The number of fused-ring (bicyclic) bond motifs is 1. The van der Waals surface area contributed by atoms with Gasteiger partial charge in [-0.1, -0.05) is 34.1 Å². The molecule has 3 heteroatoms. The molecule has 0 radical (unpaired) electrons. The Kier molecular flexibility index (Phi) is 3.25. The van der Waals surface area contributed by atoms with Gasteiger partial charge in [-0.3, -0.25) is 0 Å². The van der Waals surface area contributed by atoms with Gasteiger partial charge in [0, 0.05) is 28.4 Å². The number of alkyl halides is 1. The number of nitrogens with zero attached hydrogens (tertiary/aromatic N) is 2. The van der Waals surface area contributed by atoms with Gasteiger partial charge in [0.05, 0.1) is 5.52 Å². The highest BCUT2D eigenvalue weighted by Gasteiger charge is 2.33. The summed E-state index contributed by atoms with van der Waals surface area (Å²) in [5, 5.41) is 2.07. The smallest absolute Gasteiger partial charge is 0.133 e. The van der Waals surface area contributed by atoms with E-state index in [1.54, 1.807) is 0 Å². The maximum absolute atomic E-state index is 4.92. The molecular formula is C16H19BrN2. The molecule has 1 fully saturated rings. The van der Waals surface area contributed by atoms with Crippen LogP contribution in [0.1, 0.15) is 32.3 Å². The van der Waals surface area contributed by atoms with Crippen molar-refractivity contribution in [2.24, 2.45) is 0 Å². The second-order valence-corrected chi connectivity index (χ2v) is 6.43. The Morgan fingerprint density at radius 3 is 2.79 bits per heavy atom. The largest absolute Gasteiger partial charge is 0.351 e. The van der Waals surface area contributed by atoms with E-state index in [2.05, 4.69) is 65.0 Å². The van der Waals surface area contributed by atoms with E-state index in [1.807, 2.05) is 0 Å². The molecule has 0 unspecified atom stereocenters. The molecule has 3 rings (SSSR count). The van der Waals surface area contributed by atoms with Crippen LogP contribution in [-0.4, -0.2) is 17.1 Å². The zero-order chi connectivity index (χ0) is 13.5. The molecule has 0 spiro atoms. The summed E-state index contributed by atoms with van der Waals surface area (Å²) >= 11 is 3.61. The molecule has 0 N–H and O–H groups in total. The molecule has 1 saturated heterocycles. The molecule has 2 aromatic rings. The number of pyridine rings is 1. The lowest BCUT2D eigenvalue weighted by atomic mass is 10.0. The molecule has 19 heavy (non-hydrogen) atoms. The normalized spacial score (nSPS) is 18.2. The number of anilines is 1. The highest BCUT2D eigenvalue weighted by Crippen LogP contribution is 2.36. The van der Waals surface area contributed by atoms with Crippen molar-refractivity contribution < 1.29 is 0 Å². The summed E-state index contributed by atoms with van der Waals surface area (Å²) in [4.78, 5) is 7.39. The topological polar surface area (TPSA) is 16.1 Å². The molecule has 2 nitrogen and oxygen atoms in total. The Labute approximate surface area is 123 Å². The molecule has 1 aliphatic rings. The minimum atomic E-state index is 0.215. The fraction of sp³-hybridized carbons (Fsp3) is 0.438. The van der Waals surface area contributed by atoms with E-state index >= 15 is 0 Å². The van der Waals surface area contributed by atoms with Gasteiger partial charge in [0.15, 0.2) is 0 Å². The first kappa shape index (κ1) is 12.9. The van der Waals surface area contributed by atoms with Crippen LogP contribution in [0.4, 0.5) is 5.82 Å².